The van der Waals surface area contributed by atoms with E-state index in [4.69, 9.17) is 4.74 Å². The minimum Gasteiger partial charge on any atom is -0.494 e. The summed E-state index contributed by atoms with van der Waals surface area (Å²) < 4.78 is 8.08. The first-order valence-corrected chi connectivity index (χ1v) is 6.82. The van der Waals surface area contributed by atoms with Gasteiger partial charge in [-0.05, 0) is 37.1 Å². The van der Waals surface area contributed by atoms with E-state index in [-0.39, 0.29) is 0 Å². The van der Waals surface area contributed by atoms with Gasteiger partial charge in [-0.25, -0.2) is 0 Å². The minimum atomic E-state index is 0.724. The molecule has 0 aliphatic carbocycles. The summed E-state index contributed by atoms with van der Waals surface area (Å²) in [4.78, 5) is 0. The van der Waals surface area contributed by atoms with Gasteiger partial charge in [0.05, 0.1) is 6.61 Å². The Hall–Kier alpha value is -1.48. The second-order valence-corrected chi connectivity index (χ2v) is 4.72. The molecule has 0 radical (unpaired) electrons. The number of fused-ring (bicyclic) bond motifs is 3. The number of rotatable bonds is 3. The first-order chi connectivity index (χ1) is 8.85. The molecule has 0 bridgehead atoms. The number of hydrogen-bond acceptors (Lipinski definition) is 2. The number of nitrogens with zero attached hydrogens (tertiary/aromatic N) is 1. The van der Waals surface area contributed by atoms with Crippen molar-refractivity contribution in [2.75, 3.05) is 13.2 Å². The van der Waals surface area contributed by atoms with Crippen molar-refractivity contribution >= 4 is 10.9 Å². The van der Waals surface area contributed by atoms with Crippen LogP contribution >= 0.6 is 0 Å². The molecule has 3 nitrogen and oxygen atoms in total. The molecular formula is C15H20N2O. The Morgan fingerprint density at radius 3 is 3.00 bits per heavy atom. The maximum absolute atomic E-state index is 5.62. The van der Waals surface area contributed by atoms with E-state index in [0.29, 0.717) is 0 Å². The van der Waals surface area contributed by atoms with Crippen LogP contribution in [0.2, 0.25) is 0 Å². The van der Waals surface area contributed by atoms with Crippen LogP contribution in [0.3, 0.4) is 0 Å². The number of aryl methyl sites for hydroxylation is 1. The van der Waals surface area contributed by atoms with Crippen LogP contribution in [0.4, 0.5) is 0 Å². The van der Waals surface area contributed by atoms with E-state index in [2.05, 4.69) is 35.0 Å². The van der Waals surface area contributed by atoms with Crippen LogP contribution in [0, 0.1) is 0 Å². The highest BCUT2D eigenvalue weighted by Gasteiger charge is 2.18. The van der Waals surface area contributed by atoms with E-state index < -0.39 is 0 Å². The lowest BCUT2D eigenvalue weighted by atomic mass is 10.1. The first-order valence-electron chi connectivity index (χ1n) is 6.82. The van der Waals surface area contributed by atoms with Gasteiger partial charge in [0.1, 0.15) is 5.75 Å². The quantitative estimate of drug-likeness (QED) is 0.898. The first kappa shape index (κ1) is 11.6. The monoisotopic (exact) mass is 244 g/mol. The molecule has 0 unspecified atom stereocenters. The van der Waals surface area contributed by atoms with Crippen LogP contribution in [0.15, 0.2) is 18.2 Å². The van der Waals surface area contributed by atoms with E-state index in [9.17, 15) is 0 Å². The zero-order chi connectivity index (χ0) is 12.5. The Balaban J connectivity index is 2.21. The zero-order valence-corrected chi connectivity index (χ0v) is 11.1. The molecule has 0 spiro atoms. The van der Waals surface area contributed by atoms with Crippen molar-refractivity contribution in [1.29, 1.82) is 0 Å². The Kier molecular flexibility index (Phi) is 3.00. The van der Waals surface area contributed by atoms with E-state index in [1.165, 1.54) is 22.2 Å². The second kappa shape index (κ2) is 4.65. The molecule has 96 valence electrons. The van der Waals surface area contributed by atoms with Gasteiger partial charge < -0.3 is 14.6 Å². The number of hydrogen-bond donors (Lipinski definition) is 1. The van der Waals surface area contributed by atoms with Gasteiger partial charge in [-0.2, -0.15) is 0 Å². The SMILES string of the molecule is CCOc1ccc2c(c1)c(CC)c1n2CCNC1. The largest absolute Gasteiger partial charge is 0.494 e. The minimum absolute atomic E-state index is 0.724. The number of ether oxygens (including phenoxy) is 1. The molecule has 3 rings (SSSR count). The summed E-state index contributed by atoms with van der Waals surface area (Å²) in [5.41, 5.74) is 4.28. The highest BCUT2D eigenvalue weighted by atomic mass is 16.5. The van der Waals surface area contributed by atoms with Gasteiger partial charge in [-0.15, -0.1) is 0 Å². The summed E-state index contributed by atoms with van der Waals surface area (Å²) in [5, 5.41) is 4.83. The topological polar surface area (TPSA) is 26.2 Å². The van der Waals surface area contributed by atoms with Crippen LogP contribution in [0.5, 0.6) is 5.75 Å². The van der Waals surface area contributed by atoms with Crippen molar-refractivity contribution in [3.05, 3.63) is 29.5 Å². The predicted octanol–water partition coefficient (Wildman–Crippen LogP) is 2.71. The third-order valence-electron chi connectivity index (χ3n) is 3.73. The lowest BCUT2D eigenvalue weighted by molar-refractivity contribution is 0.340. The molecule has 0 amide bonds. The van der Waals surface area contributed by atoms with Crippen molar-refractivity contribution in [1.82, 2.24) is 9.88 Å². The smallest absolute Gasteiger partial charge is 0.120 e. The molecule has 1 aromatic carbocycles. The van der Waals surface area contributed by atoms with Crippen LogP contribution < -0.4 is 10.1 Å². The van der Waals surface area contributed by atoms with Crippen molar-refractivity contribution in [3.63, 3.8) is 0 Å². The standard InChI is InChI=1S/C15H20N2O/c1-3-12-13-9-11(18-4-2)5-6-14(13)17-8-7-16-10-15(12)17/h5-6,9,16H,3-4,7-8,10H2,1-2H3. The third-order valence-corrected chi connectivity index (χ3v) is 3.73. The molecule has 0 saturated heterocycles. The van der Waals surface area contributed by atoms with Gasteiger partial charge in [-0.3, -0.25) is 0 Å². The Morgan fingerprint density at radius 2 is 2.22 bits per heavy atom. The molecule has 0 atom stereocenters. The fourth-order valence-corrected chi connectivity index (χ4v) is 2.96. The summed E-state index contributed by atoms with van der Waals surface area (Å²) in [6.07, 6.45) is 1.08. The summed E-state index contributed by atoms with van der Waals surface area (Å²) in [6, 6.07) is 6.48. The molecule has 0 saturated carbocycles. The van der Waals surface area contributed by atoms with Crippen molar-refractivity contribution in [2.45, 2.75) is 33.4 Å². The van der Waals surface area contributed by atoms with Gasteiger partial charge in [0.15, 0.2) is 0 Å². The van der Waals surface area contributed by atoms with E-state index in [1.807, 2.05) is 6.92 Å². The van der Waals surface area contributed by atoms with Gasteiger partial charge in [0.25, 0.3) is 0 Å². The van der Waals surface area contributed by atoms with Crippen LogP contribution in [0.25, 0.3) is 10.9 Å². The molecule has 0 fully saturated rings. The average Bonchev–Trinajstić information content (AvgIpc) is 2.72. The second-order valence-electron chi connectivity index (χ2n) is 4.72. The Labute approximate surface area is 108 Å². The van der Waals surface area contributed by atoms with Gasteiger partial charge in [0.2, 0.25) is 0 Å². The predicted molar refractivity (Wildman–Crippen MR) is 74.2 cm³/mol. The van der Waals surface area contributed by atoms with E-state index in [1.54, 1.807) is 0 Å². The fraction of sp³-hybridized carbons (Fsp3) is 0.467. The van der Waals surface area contributed by atoms with Crippen molar-refractivity contribution < 1.29 is 4.74 Å². The van der Waals surface area contributed by atoms with E-state index >= 15 is 0 Å². The molecule has 2 aromatic rings. The van der Waals surface area contributed by atoms with Crippen molar-refractivity contribution in [3.8, 4) is 5.75 Å². The van der Waals surface area contributed by atoms with Crippen LogP contribution in [-0.4, -0.2) is 17.7 Å². The van der Waals surface area contributed by atoms with Crippen LogP contribution in [0.1, 0.15) is 25.1 Å². The molecule has 1 N–H and O–H groups in total. The van der Waals surface area contributed by atoms with Gasteiger partial charge >= 0.3 is 0 Å². The van der Waals surface area contributed by atoms with E-state index in [0.717, 1.165) is 38.4 Å². The summed E-state index contributed by atoms with van der Waals surface area (Å²) in [7, 11) is 0. The van der Waals surface area contributed by atoms with Crippen molar-refractivity contribution in [2.24, 2.45) is 0 Å². The Bertz CT molecular complexity index is 571. The average molecular weight is 244 g/mol. The zero-order valence-electron chi connectivity index (χ0n) is 11.1. The summed E-state index contributed by atoms with van der Waals surface area (Å²) in [6.45, 7) is 8.11. The molecule has 18 heavy (non-hydrogen) atoms. The number of aromatic nitrogens is 1. The highest BCUT2D eigenvalue weighted by molar-refractivity contribution is 5.87. The summed E-state index contributed by atoms with van der Waals surface area (Å²) in [5.74, 6) is 0.982. The Morgan fingerprint density at radius 1 is 1.33 bits per heavy atom. The highest BCUT2D eigenvalue weighted by Crippen LogP contribution is 2.31. The maximum atomic E-state index is 5.62. The third kappa shape index (κ3) is 1.70. The van der Waals surface area contributed by atoms with Crippen LogP contribution in [-0.2, 0) is 19.5 Å². The molecular weight excluding hydrogens is 224 g/mol. The molecule has 1 aromatic heterocycles. The number of benzene rings is 1. The molecule has 1 aliphatic heterocycles. The normalized spacial score (nSPS) is 14.8. The molecule has 2 heterocycles. The lowest BCUT2D eigenvalue weighted by Crippen LogP contribution is -2.28. The van der Waals surface area contributed by atoms with Gasteiger partial charge in [0, 0.05) is 36.2 Å². The number of nitrogens with one attached hydrogen (secondary N) is 1. The lowest BCUT2D eigenvalue weighted by Gasteiger charge is -2.18. The summed E-state index contributed by atoms with van der Waals surface area (Å²) >= 11 is 0. The fourth-order valence-electron chi connectivity index (χ4n) is 2.96. The maximum Gasteiger partial charge on any atom is 0.120 e. The molecule has 1 aliphatic rings. The molecule has 3 heteroatoms. The van der Waals surface area contributed by atoms with Gasteiger partial charge in [-0.1, -0.05) is 6.92 Å².